The van der Waals surface area contributed by atoms with Crippen molar-refractivity contribution in [1.29, 1.82) is 0 Å². The van der Waals surface area contributed by atoms with Gasteiger partial charge in [-0.25, -0.2) is 12.7 Å². The minimum Gasteiger partial charge on any atom is -0.465 e. The largest absolute Gasteiger partial charge is 0.465 e. The van der Waals surface area contributed by atoms with Gasteiger partial charge in [-0.1, -0.05) is 0 Å². The van der Waals surface area contributed by atoms with Crippen LogP contribution in [0.1, 0.15) is 13.3 Å². The first kappa shape index (κ1) is 14.9. The van der Waals surface area contributed by atoms with Gasteiger partial charge in [0.05, 0.1) is 18.4 Å². The lowest BCUT2D eigenvalue weighted by atomic mass is 9.89. The summed E-state index contributed by atoms with van der Waals surface area (Å²) in [4.78, 5) is 34.1. The van der Waals surface area contributed by atoms with Gasteiger partial charge < -0.3 is 9.47 Å². The lowest BCUT2D eigenvalue weighted by molar-refractivity contribution is -0.153. The van der Waals surface area contributed by atoms with Crippen LogP contribution in [-0.2, 0) is 33.9 Å². The third-order valence-electron chi connectivity index (χ3n) is 3.38. The molecule has 2 fully saturated rings. The van der Waals surface area contributed by atoms with Crippen LogP contribution >= 0.6 is 0 Å². The average Bonchev–Trinajstić information content (AvgIpc) is 2.64. The van der Waals surface area contributed by atoms with E-state index in [1.807, 2.05) is 0 Å². The van der Waals surface area contributed by atoms with E-state index in [4.69, 9.17) is 0 Å². The normalized spacial score (nSPS) is 27.1. The Morgan fingerprint density at radius 1 is 1.35 bits per heavy atom. The second-order valence-electron chi connectivity index (χ2n) is 4.66. The lowest BCUT2D eigenvalue weighted by Gasteiger charge is -2.30. The maximum Gasteiger partial charge on any atom is 0.322 e. The molecule has 0 aliphatic carbocycles. The molecule has 0 N–H and O–H groups in total. The van der Waals surface area contributed by atoms with Gasteiger partial charge in [-0.2, -0.15) is 0 Å². The Labute approximate surface area is 116 Å². The quantitative estimate of drug-likeness (QED) is 0.479. The Balaban J connectivity index is 2.06. The lowest BCUT2D eigenvalue weighted by Crippen LogP contribution is -2.46. The fourth-order valence-electron chi connectivity index (χ4n) is 2.39. The molecule has 112 valence electrons. The van der Waals surface area contributed by atoms with Crippen molar-refractivity contribution in [3.63, 3.8) is 0 Å². The van der Waals surface area contributed by atoms with Crippen LogP contribution in [0.5, 0.6) is 0 Å². The average molecular weight is 305 g/mol. The molecule has 2 aliphatic rings. The Bertz CT molecular complexity index is 541. The van der Waals surface area contributed by atoms with Crippen LogP contribution in [0.15, 0.2) is 0 Å². The first-order valence-electron chi connectivity index (χ1n) is 6.24. The summed E-state index contributed by atoms with van der Waals surface area (Å²) in [7, 11) is -3.84. The predicted octanol–water partition coefficient (Wildman–Crippen LogP) is -1.10. The third-order valence-corrected chi connectivity index (χ3v) is 5.10. The molecule has 0 aromatic rings. The Hall–Kier alpha value is -1.48. The van der Waals surface area contributed by atoms with Crippen LogP contribution in [0, 0.1) is 11.8 Å². The Morgan fingerprint density at radius 2 is 2.00 bits per heavy atom. The van der Waals surface area contributed by atoms with Gasteiger partial charge in [-0.05, 0) is 13.3 Å². The van der Waals surface area contributed by atoms with Crippen LogP contribution in [0.3, 0.4) is 0 Å². The number of hydrogen-bond donors (Lipinski definition) is 0. The van der Waals surface area contributed by atoms with Crippen molar-refractivity contribution in [2.24, 2.45) is 11.8 Å². The standard InChI is InChI=1S/C11H15NO7S/c1-2-18-9(13)6-20(16,17)12-4-3-7-8(5-12)11(15)19-10(7)14/h7-8H,2-6H2,1H3. The monoisotopic (exact) mass is 305 g/mol. The van der Waals surface area contributed by atoms with Crippen molar-refractivity contribution in [3.05, 3.63) is 0 Å². The van der Waals surface area contributed by atoms with E-state index in [-0.39, 0.29) is 26.1 Å². The molecule has 2 aliphatic heterocycles. The van der Waals surface area contributed by atoms with Gasteiger partial charge in [0, 0.05) is 13.1 Å². The van der Waals surface area contributed by atoms with Crippen molar-refractivity contribution in [1.82, 2.24) is 4.31 Å². The summed E-state index contributed by atoms with van der Waals surface area (Å²) < 4.78 is 34.2. The number of rotatable bonds is 4. The number of hydrogen-bond acceptors (Lipinski definition) is 7. The molecule has 2 atom stereocenters. The molecule has 2 heterocycles. The maximum absolute atomic E-state index is 12.0. The zero-order valence-corrected chi connectivity index (χ0v) is 11.7. The number of ether oxygens (including phenoxy) is 2. The van der Waals surface area contributed by atoms with Crippen molar-refractivity contribution in [2.45, 2.75) is 13.3 Å². The number of piperidine rings is 1. The highest BCUT2D eigenvalue weighted by molar-refractivity contribution is 7.89. The molecule has 2 unspecified atom stereocenters. The van der Waals surface area contributed by atoms with Gasteiger partial charge in [0.15, 0.2) is 5.75 Å². The van der Waals surface area contributed by atoms with Gasteiger partial charge in [0.2, 0.25) is 10.0 Å². The number of carbonyl (C=O) groups is 3. The van der Waals surface area contributed by atoms with Gasteiger partial charge in [-0.15, -0.1) is 0 Å². The van der Waals surface area contributed by atoms with Gasteiger partial charge in [-0.3, -0.25) is 14.4 Å². The fraction of sp³-hybridized carbons (Fsp3) is 0.727. The molecular weight excluding hydrogens is 290 g/mol. The molecule has 9 heteroatoms. The van der Waals surface area contributed by atoms with Crippen molar-refractivity contribution >= 4 is 27.9 Å². The fourth-order valence-corrected chi connectivity index (χ4v) is 3.72. The smallest absolute Gasteiger partial charge is 0.322 e. The minimum absolute atomic E-state index is 0.0886. The van der Waals surface area contributed by atoms with Crippen LogP contribution in [0.25, 0.3) is 0 Å². The second-order valence-corrected chi connectivity index (χ2v) is 6.63. The van der Waals surface area contributed by atoms with E-state index in [0.29, 0.717) is 0 Å². The molecule has 0 aromatic carbocycles. The second kappa shape index (κ2) is 5.49. The zero-order valence-electron chi connectivity index (χ0n) is 10.9. The highest BCUT2D eigenvalue weighted by Gasteiger charge is 2.49. The van der Waals surface area contributed by atoms with E-state index < -0.39 is 45.5 Å². The van der Waals surface area contributed by atoms with E-state index in [1.54, 1.807) is 6.92 Å². The van der Waals surface area contributed by atoms with Crippen molar-refractivity contribution in [2.75, 3.05) is 25.4 Å². The van der Waals surface area contributed by atoms with E-state index in [9.17, 15) is 22.8 Å². The van der Waals surface area contributed by atoms with E-state index in [2.05, 4.69) is 9.47 Å². The first-order chi connectivity index (χ1) is 9.35. The third kappa shape index (κ3) is 2.83. The van der Waals surface area contributed by atoms with Crippen LogP contribution in [0.2, 0.25) is 0 Å². The Kier molecular flexibility index (Phi) is 4.09. The number of nitrogens with zero attached hydrogens (tertiary/aromatic N) is 1. The SMILES string of the molecule is CCOC(=O)CS(=O)(=O)N1CCC2C(=O)OC(=O)C2C1. The molecule has 20 heavy (non-hydrogen) atoms. The summed E-state index contributed by atoms with van der Waals surface area (Å²) in [5, 5.41) is 0. The molecule has 0 saturated carbocycles. The molecule has 0 amide bonds. The van der Waals surface area contributed by atoms with Crippen LogP contribution in [0.4, 0.5) is 0 Å². The van der Waals surface area contributed by atoms with Crippen LogP contribution < -0.4 is 0 Å². The number of fused-ring (bicyclic) bond motifs is 1. The summed E-state index contributed by atoms with van der Waals surface area (Å²) >= 11 is 0. The summed E-state index contributed by atoms with van der Waals surface area (Å²) in [5.41, 5.74) is 0. The molecule has 0 aromatic heterocycles. The highest BCUT2D eigenvalue weighted by atomic mass is 32.2. The number of cyclic esters (lactones) is 2. The molecule has 0 bridgehead atoms. The minimum atomic E-state index is -3.84. The maximum atomic E-state index is 12.0. The summed E-state index contributed by atoms with van der Waals surface area (Å²) in [6.45, 7) is 1.64. The van der Waals surface area contributed by atoms with Crippen molar-refractivity contribution in [3.8, 4) is 0 Å². The zero-order chi connectivity index (χ0) is 14.9. The van der Waals surface area contributed by atoms with Crippen LogP contribution in [-0.4, -0.2) is 56.1 Å². The molecule has 0 spiro atoms. The topological polar surface area (TPSA) is 107 Å². The molecule has 8 nitrogen and oxygen atoms in total. The number of esters is 3. The highest BCUT2D eigenvalue weighted by Crippen LogP contribution is 2.32. The van der Waals surface area contributed by atoms with Crippen molar-refractivity contribution < 1.29 is 32.3 Å². The number of carbonyl (C=O) groups excluding carboxylic acids is 3. The summed E-state index contributed by atoms with van der Waals surface area (Å²) in [5.74, 6) is -4.23. The van der Waals surface area contributed by atoms with Gasteiger partial charge >= 0.3 is 17.9 Å². The first-order valence-corrected chi connectivity index (χ1v) is 7.85. The van der Waals surface area contributed by atoms with Gasteiger partial charge in [0.1, 0.15) is 0 Å². The molecular formula is C11H15NO7S. The van der Waals surface area contributed by atoms with E-state index in [1.165, 1.54) is 0 Å². The Morgan fingerprint density at radius 3 is 2.65 bits per heavy atom. The van der Waals surface area contributed by atoms with Gasteiger partial charge in [0.25, 0.3) is 0 Å². The number of sulfonamides is 1. The van der Waals surface area contributed by atoms with E-state index >= 15 is 0 Å². The molecule has 0 radical (unpaired) electrons. The summed E-state index contributed by atoms with van der Waals surface area (Å²) in [6.07, 6.45) is 0.220. The predicted molar refractivity (Wildman–Crippen MR) is 64.7 cm³/mol. The molecule has 2 saturated heterocycles. The molecule has 2 rings (SSSR count). The van der Waals surface area contributed by atoms with E-state index in [0.717, 1.165) is 4.31 Å². The summed E-state index contributed by atoms with van der Waals surface area (Å²) in [6, 6.07) is 0.